The Morgan fingerprint density at radius 2 is 2.09 bits per heavy atom. The zero-order chi connectivity index (χ0) is 16.8. The Morgan fingerprint density at radius 3 is 2.70 bits per heavy atom. The Kier molecular flexibility index (Phi) is 5.65. The summed E-state index contributed by atoms with van der Waals surface area (Å²) in [5.74, 6) is -0.461. The van der Waals surface area contributed by atoms with Crippen LogP contribution < -0.4 is 5.32 Å². The highest BCUT2D eigenvalue weighted by atomic mass is 32.1. The standard InChI is InChI=1S/C17H19N3O2S/c1-4-9-20(16(22)14-8-6-5-7-12(14)2)11-15(21)19-17-18-10-13(3)23-17/h4-8,10H,1,9,11H2,2-3H3,(H,18,19,21). The first kappa shape index (κ1) is 16.9. The van der Waals surface area contributed by atoms with E-state index < -0.39 is 0 Å². The van der Waals surface area contributed by atoms with Crippen LogP contribution in [0.15, 0.2) is 43.1 Å². The smallest absolute Gasteiger partial charge is 0.254 e. The van der Waals surface area contributed by atoms with Crippen LogP contribution in [-0.2, 0) is 4.79 Å². The van der Waals surface area contributed by atoms with Gasteiger partial charge in [-0.25, -0.2) is 4.98 Å². The molecule has 0 radical (unpaired) electrons. The molecule has 0 aliphatic rings. The van der Waals surface area contributed by atoms with Crippen LogP contribution in [0.25, 0.3) is 0 Å². The maximum Gasteiger partial charge on any atom is 0.254 e. The Bertz CT molecular complexity index is 724. The molecule has 2 amide bonds. The molecule has 0 saturated heterocycles. The summed E-state index contributed by atoms with van der Waals surface area (Å²) in [7, 11) is 0. The summed E-state index contributed by atoms with van der Waals surface area (Å²) in [5.41, 5.74) is 1.47. The highest BCUT2D eigenvalue weighted by molar-refractivity contribution is 7.15. The number of aryl methyl sites for hydroxylation is 2. The highest BCUT2D eigenvalue weighted by Gasteiger charge is 2.19. The van der Waals surface area contributed by atoms with Crippen LogP contribution in [-0.4, -0.2) is 34.8 Å². The summed E-state index contributed by atoms with van der Waals surface area (Å²) in [6.07, 6.45) is 3.30. The summed E-state index contributed by atoms with van der Waals surface area (Å²) in [5, 5.41) is 3.25. The molecule has 1 heterocycles. The molecule has 2 aromatic rings. The lowest BCUT2D eigenvalue weighted by atomic mass is 10.1. The third-order valence-corrected chi connectivity index (χ3v) is 4.04. The zero-order valence-electron chi connectivity index (χ0n) is 13.2. The maximum atomic E-state index is 12.6. The number of hydrogen-bond acceptors (Lipinski definition) is 4. The number of benzene rings is 1. The van der Waals surface area contributed by atoms with E-state index in [4.69, 9.17) is 0 Å². The number of carbonyl (C=O) groups excluding carboxylic acids is 2. The van der Waals surface area contributed by atoms with Crippen molar-refractivity contribution in [1.82, 2.24) is 9.88 Å². The molecule has 6 heteroatoms. The van der Waals surface area contributed by atoms with Gasteiger partial charge in [-0.1, -0.05) is 24.3 Å². The molecule has 0 saturated carbocycles. The van der Waals surface area contributed by atoms with E-state index in [1.54, 1.807) is 18.3 Å². The average molecular weight is 329 g/mol. The van der Waals surface area contributed by atoms with E-state index in [1.165, 1.54) is 16.2 Å². The molecule has 0 fully saturated rings. The van der Waals surface area contributed by atoms with Crippen molar-refractivity contribution in [3.05, 3.63) is 59.1 Å². The molecule has 0 atom stereocenters. The molecule has 0 aliphatic carbocycles. The second-order valence-electron chi connectivity index (χ2n) is 5.11. The van der Waals surface area contributed by atoms with Gasteiger partial charge < -0.3 is 10.2 Å². The minimum atomic E-state index is -0.275. The topological polar surface area (TPSA) is 62.3 Å². The van der Waals surface area contributed by atoms with E-state index in [1.807, 2.05) is 32.0 Å². The number of anilines is 1. The normalized spacial score (nSPS) is 10.2. The van der Waals surface area contributed by atoms with Gasteiger partial charge in [0.15, 0.2) is 5.13 Å². The Hall–Kier alpha value is -2.47. The van der Waals surface area contributed by atoms with Gasteiger partial charge in [-0.05, 0) is 25.5 Å². The van der Waals surface area contributed by atoms with Crippen LogP contribution in [0.1, 0.15) is 20.8 Å². The maximum absolute atomic E-state index is 12.6. The molecule has 5 nitrogen and oxygen atoms in total. The van der Waals surface area contributed by atoms with Gasteiger partial charge in [-0.2, -0.15) is 0 Å². The lowest BCUT2D eigenvalue weighted by Gasteiger charge is -2.21. The van der Waals surface area contributed by atoms with Crippen molar-refractivity contribution in [3.63, 3.8) is 0 Å². The molecule has 1 N–H and O–H groups in total. The fourth-order valence-corrected chi connectivity index (χ4v) is 2.78. The van der Waals surface area contributed by atoms with Crippen molar-refractivity contribution in [2.45, 2.75) is 13.8 Å². The number of carbonyl (C=O) groups is 2. The van der Waals surface area contributed by atoms with Crippen molar-refractivity contribution in [3.8, 4) is 0 Å². The lowest BCUT2D eigenvalue weighted by Crippen LogP contribution is -2.38. The van der Waals surface area contributed by atoms with E-state index in [-0.39, 0.29) is 18.4 Å². The number of aromatic nitrogens is 1. The van der Waals surface area contributed by atoms with Crippen LogP contribution in [0.4, 0.5) is 5.13 Å². The minimum absolute atomic E-state index is 0.0438. The molecular formula is C17H19N3O2S. The van der Waals surface area contributed by atoms with E-state index in [0.717, 1.165) is 10.4 Å². The second kappa shape index (κ2) is 7.69. The van der Waals surface area contributed by atoms with Gasteiger partial charge in [0.05, 0.1) is 0 Å². The monoisotopic (exact) mass is 329 g/mol. The van der Waals surface area contributed by atoms with Gasteiger partial charge in [0, 0.05) is 23.2 Å². The summed E-state index contributed by atoms with van der Waals surface area (Å²) in [6.45, 7) is 7.71. The number of amides is 2. The third-order valence-electron chi connectivity index (χ3n) is 3.21. The first-order valence-electron chi connectivity index (χ1n) is 7.19. The van der Waals surface area contributed by atoms with Crippen LogP contribution in [0.5, 0.6) is 0 Å². The third kappa shape index (κ3) is 4.50. The molecule has 0 spiro atoms. The van der Waals surface area contributed by atoms with E-state index >= 15 is 0 Å². The van der Waals surface area contributed by atoms with Gasteiger partial charge in [0.25, 0.3) is 5.91 Å². The molecule has 1 aromatic carbocycles. The largest absolute Gasteiger partial charge is 0.326 e. The van der Waals surface area contributed by atoms with Crippen LogP contribution >= 0.6 is 11.3 Å². The quantitative estimate of drug-likeness (QED) is 0.829. The zero-order valence-corrected chi connectivity index (χ0v) is 14.0. The van der Waals surface area contributed by atoms with Gasteiger partial charge in [-0.3, -0.25) is 9.59 Å². The van der Waals surface area contributed by atoms with Gasteiger partial charge in [0.2, 0.25) is 5.91 Å². The highest BCUT2D eigenvalue weighted by Crippen LogP contribution is 2.16. The predicted molar refractivity (Wildman–Crippen MR) is 92.8 cm³/mol. The molecule has 120 valence electrons. The lowest BCUT2D eigenvalue weighted by molar-refractivity contribution is -0.116. The van der Waals surface area contributed by atoms with Crippen molar-refractivity contribution in [2.24, 2.45) is 0 Å². The molecule has 1 aromatic heterocycles. The van der Waals surface area contributed by atoms with Gasteiger partial charge >= 0.3 is 0 Å². The van der Waals surface area contributed by atoms with Gasteiger partial charge in [-0.15, -0.1) is 17.9 Å². The first-order chi connectivity index (χ1) is 11.0. The predicted octanol–water partition coefficient (Wildman–Crippen LogP) is 3.03. The number of nitrogens with zero attached hydrogens (tertiary/aromatic N) is 2. The fourth-order valence-electron chi connectivity index (χ4n) is 2.10. The molecule has 23 heavy (non-hydrogen) atoms. The molecule has 0 aliphatic heterocycles. The first-order valence-corrected chi connectivity index (χ1v) is 8.01. The Balaban J connectivity index is 2.08. The molecule has 0 bridgehead atoms. The molecular weight excluding hydrogens is 310 g/mol. The van der Waals surface area contributed by atoms with E-state index in [2.05, 4.69) is 16.9 Å². The summed E-state index contributed by atoms with van der Waals surface area (Å²) < 4.78 is 0. The fraction of sp³-hybridized carbons (Fsp3) is 0.235. The number of nitrogens with one attached hydrogen (secondary N) is 1. The minimum Gasteiger partial charge on any atom is -0.326 e. The van der Waals surface area contributed by atoms with Crippen molar-refractivity contribution in [2.75, 3.05) is 18.4 Å². The number of hydrogen-bond donors (Lipinski definition) is 1. The van der Waals surface area contributed by atoms with Crippen molar-refractivity contribution >= 4 is 28.3 Å². The van der Waals surface area contributed by atoms with Crippen molar-refractivity contribution in [1.29, 1.82) is 0 Å². The van der Waals surface area contributed by atoms with Crippen LogP contribution in [0, 0.1) is 13.8 Å². The Morgan fingerprint density at radius 1 is 1.35 bits per heavy atom. The molecule has 2 rings (SSSR count). The van der Waals surface area contributed by atoms with Crippen molar-refractivity contribution < 1.29 is 9.59 Å². The summed E-state index contributed by atoms with van der Waals surface area (Å²) in [6, 6.07) is 7.32. The van der Waals surface area contributed by atoms with Crippen LogP contribution in [0.3, 0.4) is 0 Å². The second-order valence-corrected chi connectivity index (χ2v) is 6.35. The Labute approximate surface area is 139 Å². The number of rotatable bonds is 6. The SMILES string of the molecule is C=CCN(CC(=O)Nc1ncc(C)s1)C(=O)c1ccccc1C. The summed E-state index contributed by atoms with van der Waals surface area (Å²) >= 11 is 1.40. The number of thiazole rings is 1. The van der Waals surface area contributed by atoms with E-state index in [0.29, 0.717) is 17.2 Å². The van der Waals surface area contributed by atoms with Gasteiger partial charge in [0.1, 0.15) is 6.54 Å². The average Bonchev–Trinajstić information content (AvgIpc) is 2.91. The van der Waals surface area contributed by atoms with Crippen LogP contribution in [0.2, 0.25) is 0 Å². The van der Waals surface area contributed by atoms with E-state index in [9.17, 15) is 9.59 Å². The molecule has 0 unspecified atom stereocenters. The summed E-state index contributed by atoms with van der Waals surface area (Å²) in [4.78, 5) is 31.4.